The van der Waals surface area contributed by atoms with E-state index in [0.29, 0.717) is 28.1 Å². The van der Waals surface area contributed by atoms with E-state index in [1.54, 1.807) is 36.4 Å². The van der Waals surface area contributed by atoms with Crippen molar-refractivity contribution < 1.29 is 14.3 Å². The molecule has 2 aromatic carbocycles. The smallest absolute Gasteiger partial charge is 0.316 e. The molecule has 0 aliphatic heterocycles. The SMILES string of the molecule is CCn1c(SCC(=O)OCC(=O)c2ccccc2)nnc1-c1ccc(Cl)cc1. The van der Waals surface area contributed by atoms with Gasteiger partial charge in [0.25, 0.3) is 0 Å². The largest absolute Gasteiger partial charge is 0.457 e. The van der Waals surface area contributed by atoms with Gasteiger partial charge in [-0.25, -0.2) is 0 Å². The first-order valence-electron chi connectivity index (χ1n) is 8.64. The van der Waals surface area contributed by atoms with Gasteiger partial charge < -0.3 is 9.30 Å². The number of nitrogens with zero attached hydrogens (tertiary/aromatic N) is 3. The van der Waals surface area contributed by atoms with Crippen LogP contribution in [0.15, 0.2) is 59.8 Å². The fraction of sp³-hybridized carbons (Fsp3) is 0.200. The monoisotopic (exact) mass is 415 g/mol. The molecular weight excluding hydrogens is 398 g/mol. The molecule has 0 amide bonds. The van der Waals surface area contributed by atoms with Gasteiger partial charge in [-0.3, -0.25) is 9.59 Å². The van der Waals surface area contributed by atoms with Crippen molar-refractivity contribution in [2.24, 2.45) is 0 Å². The molecule has 0 spiro atoms. The van der Waals surface area contributed by atoms with Crippen LogP contribution in [0.5, 0.6) is 0 Å². The molecule has 6 nitrogen and oxygen atoms in total. The van der Waals surface area contributed by atoms with Crippen molar-refractivity contribution in [1.82, 2.24) is 14.8 Å². The summed E-state index contributed by atoms with van der Waals surface area (Å²) in [6.07, 6.45) is 0. The highest BCUT2D eigenvalue weighted by atomic mass is 35.5. The number of hydrogen-bond donors (Lipinski definition) is 0. The maximum atomic E-state index is 12.0. The van der Waals surface area contributed by atoms with Crippen LogP contribution < -0.4 is 0 Å². The van der Waals surface area contributed by atoms with Crippen molar-refractivity contribution in [2.45, 2.75) is 18.6 Å². The van der Waals surface area contributed by atoms with E-state index in [-0.39, 0.29) is 18.1 Å². The van der Waals surface area contributed by atoms with E-state index in [4.69, 9.17) is 16.3 Å². The standard InChI is InChI=1S/C20H18ClN3O3S/c1-2-24-19(15-8-10-16(21)11-9-15)22-23-20(24)28-13-18(26)27-12-17(25)14-6-4-3-5-7-14/h3-11H,2,12-13H2,1H3. The molecule has 28 heavy (non-hydrogen) atoms. The minimum absolute atomic E-state index is 0.0425. The van der Waals surface area contributed by atoms with Gasteiger partial charge in [-0.15, -0.1) is 10.2 Å². The molecule has 0 N–H and O–H groups in total. The molecule has 0 saturated heterocycles. The molecule has 0 saturated carbocycles. The third-order valence-electron chi connectivity index (χ3n) is 3.91. The lowest BCUT2D eigenvalue weighted by molar-refractivity contribution is -0.139. The zero-order chi connectivity index (χ0) is 19.9. The molecule has 1 heterocycles. The molecule has 0 atom stereocenters. The summed E-state index contributed by atoms with van der Waals surface area (Å²) in [6.45, 7) is 2.35. The fourth-order valence-corrected chi connectivity index (χ4v) is 3.44. The number of halogens is 1. The fourth-order valence-electron chi connectivity index (χ4n) is 2.51. The van der Waals surface area contributed by atoms with Gasteiger partial charge in [0.1, 0.15) is 0 Å². The summed E-state index contributed by atoms with van der Waals surface area (Å²) in [7, 11) is 0. The number of carbonyl (C=O) groups is 2. The van der Waals surface area contributed by atoms with Crippen LogP contribution in [-0.2, 0) is 16.1 Å². The molecule has 1 aromatic heterocycles. The molecule has 0 unspecified atom stereocenters. The number of rotatable bonds is 8. The minimum atomic E-state index is -0.479. The van der Waals surface area contributed by atoms with Crippen LogP contribution in [0, 0.1) is 0 Å². The van der Waals surface area contributed by atoms with Crippen molar-refractivity contribution in [1.29, 1.82) is 0 Å². The second kappa shape index (κ2) is 9.52. The number of esters is 1. The molecule has 0 aliphatic rings. The van der Waals surface area contributed by atoms with Crippen molar-refractivity contribution >= 4 is 35.1 Å². The Hall–Kier alpha value is -2.64. The first-order valence-corrected chi connectivity index (χ1v) is 10.0. The predicted molar refractivity (Wildman–Crippen MR) is 109 cm³/mol. The summed E-state index contributed by atoms with van der Waals surface area (Å²) in [4.78, 5) is 24.0. The summed E-state index contributed by atoms with van der Waals surface area (Å²) in [5, 5.41) is 9.65. The van der Waals surface area contributed by atoms with Gasteiger partial charge in [0, 0.05) is 22.7 Å². The molecule has 3 aromatic rings. The van der Waals surface area contributed by atoms with E-state index < -0.39 is 5.97 Å². The van der Waals surface area contributed by atoms with E-state index in [1.165, 1.54) is 11.8 Å². The van der Waals surface area contributed by atoms with Crippen LogP contribution in [0.4, 0.5) is 0 Å². The van der Waals surface area contributed by atoms with Gasteiger partial charge in [0.05, 0.1) is 5.75 Å². The second-order valence-corrected chi connectivity index (χ2v) is 7.17. The lowest BCUT2D eigenvalue weighted by atomic mass is 10.1. The first kappa shape index (κ1) is 20.1. The van der Waals surface area contributed by atoms with Gasteiger partial charge in [-0.05, 0) is 31.2 Å². The molecular formula is C20H18ClN3O3S. The Morgan fingerprint density at radius 2 is 1.79 bits per heavy atom. The molecule has 0 fully saturated rings. The van der Waals surface area contributed by atoms with Crippen LogP contribution in [0.2, 0.25) is 5.02 Å². The van der Waals surface area contributed by atoms with Gasteiger partial charge in [0.15, 0.2) is 23.4 Å². The molecule has 0 aliphatic carbocycles. The lowest BCUT2D eigenvalue weighted by Gasteiger charge is -2.07. The van der Waals surface area contributed by atoms with E-state index in [1.807, 2.05) is 29.7 Å². The quantitative estimate of drug-likeness (QED) is 0.313. The second-order valence-electron chi connectivity index (χ2n) is 5.80. The third kappa shape index (κ3) is 4.99. The van der Waals surface area contributed by atoms with Crippen LogP contribution in [0.25, 0.3) is 11.4 Å². The van der Waals surface area contributed by atoms with Gasteiger partial charge >= 0.3 is 5.97 Å². The third-order valence-corrected chi connectivity index (χ3v) is 5.11. The maximum absolute atomic E-state index is 12.0. The number of carbonyl (C=O) groups excluding carboxylic acids is 2. The Bertz CT molecular complexity index is 959. The van der Waals surface area contributed by atoms with Crippen molar-refractivity contribution in [3.05, 3.63) is 65.2 Å². The van der Waals surface area contributed by atoms with Gasteiger partial charge in [-0.1, -0.05) is 53.7 Å². The van der Waals surface area contributed by atoms with E-state index in [0.717, 1.165) is 5.56 Å². The Balaban J connectivity index is 1.57. The first-order chi connectivity index (χ1) is 13.6. The Morgan fingerprint density at radius 1 is 1.07 bits per heavy atom. The summed E-state index contributed by atoms with van der Waals surface area (Å²) in [5.74, 6) is 0.0313. The minimum Gasteiger partial charge on any atom is -0.457 e. The normalized spacial score (nSPS) is 10.6. The van der Waals surface area contributed by atoms with E-state index >= 15 is 0 Å². The van der Waals surface area contributed by atoms with Crippen LogP contribution in [-0.4, -0.2) is 38.9 Å². The Morgan fingerprint density at radius 3 is 2.46 bits per heavy atom. The molecule has 0 bridgehead atoms. The van der Waals surface area contributed by atoms with Gasteiger partial charge in [-0.2, -0.15) is 0 Å². The van der Waals surface area contributed by atoms with Crippen molar-refractivity contribution in [3.63, 3.8) is 0 Å². The highest BCUT2D eigenvalue weighted by Crippen LogP contribution is 2.25. The summed E-state index contributed by atoms with van der Waals surface area (Å²) in [5.41, 5.74) is 1.41. The Kier molecular flexibility index (Phi) is 6.84. The molecule has 144 valence electrons. The van der Waals surface area contributed by atoms with Crippen molar-refractivity contribution in [3.8, 4) is 11.4 Å². The van der Waals surface area contributed by atoms with E-state index in [2.05, 4.69) is 10.2 Å². The van der Waals surface area contributed by atoms with Crippen LogP contribution in [0.3, 0.4) is 0 Å². The number of ether oxygens (including phenoxy) is 1. The number of thioether (sulfide) groups is 1. The van der Waals surface area contributed by atoms with Crippen molar-refractivity contribution in [2.75, 3.05) is 12.4 Å². The number of hydrogen-bond acceptors (Lipinski definition) is 6. The van der Waals surface area contributed by atoms with Crippen LogP contribution >= 0.6 is 23.4 Å². The zero-order valence-corrected chi connectivity index (χ0v) is 16.7. The number of aromatic nitrogens is 3. The molecule has 3 rings (SSSR count). The molecule has 8 heteroatoms. The zero-order valence-electron chi connectivity index (χ0n) is 15.2. The van der Waals surface area contributed by atoms with E-state index in [9.17, 15) is 9.59 Å². The van der Waals surface area contributed by atoms with Gasteiger partial charge in [0.2, 0.25) is 0 Å². The predicted octanol–water partition coefficient (Wildman–Crippen LogP) is 4.14. The van der Waals surface area contributed by atoms with Crippen LogP contribution in [0.1, 0.15) is 17.3 Å². The lowest BCUT2D eigenvalue weighted by Crippen LogP contribution is -2.15. The highest BCUT2D eigenvalue weighted by Gasteiger charge is 2.16. The number of benzene rings is 2. The topological polar surface area (TPSA) is 74.1 Å². The average Bonchev–Trinajstić information content (AvgIpc) is 3.14. The number of ketones is 1. The summed E-state index contributed by atoms with van der Waals surface area (Å²) in [6, 6.07) is 16.1. The number of Topliss-reactive ketones (excluding diaryl/α,β-unsaturated/α-hetero) is 1. The average molecular weight is 416 g/mol. The molecule has 0 radical (unpaired) electrons. The summed E-state index contributed by atoms with van der Waals surface area (Å²) < 4.78 is 6.99. The highest BCUT2D eigenvalue weighted by molar-refractivity contribution is 7.99. The summed E-state index contributed by atoms with van der Waals surface area (Å²) >= 11 is 7.15. The maximum Gasteiger partial charge on any atom is 0.316 e. The Labute approximate surface area is 171 Å².